The maximum Gasteiger partial charge on any atom is 0.159 e. The number of aromatic hydroxyl groups is 1. The van der Waals surface area contributed by atoms with Crippen molar-refractivity contribution in [1.82, 2.24) is 15.3 Å². The molecule has 0 bridgehead atoms. The molecule has 1 aromatic carbocycles. The van der Waals surface area contributed by atoms with Crippen LogP contribution in [0.1, 0.15) is 23.4 Å². The fraction of sp³-hybridized carbons (Fsp3) is 0.412. The summed E-state index contributed by atoms with van der Waals surface area (Å²) >= 11 is 0. The van der Waals surface area contributed by atoms with E-state index in [-0.39, 0.29) is 5.75 Å². The number of benzene rings is 1. The lowest BCUT2D eigenvalue weighted by atomic mass is 9.85. The normalized spacial score (nSPS) is 17.5. The molecular formula is C17H21N3O. The van der Waals surface area contributed by atoms with Crippen molar-refractivity contribution >= 4 is 0 Å². The summed E-state index contributed by atoms with van der Waals surface area (Å²) in [5.74, 6) is 1.64. The molecule has 1 aliphatic rings. The fourth-order valence-electron chi connectivity index (χ4n) is 3.10. The molecule has 0 amide bonds. The molecule has 0 spiro atoms. The molecule has 1 atom stereocenters. The number of hydrogen-bond acceptors (Lipinski definition) is 4. The van der Waals surface area contributed by atoms with E-state index < -0.39 is 0 Å². The van der Waals surface area contributed by atoms with Crippen molar-refractivity contribution in [2.24, 2.45) is 5.92 Å². The molecule has 0 aliphatic heterocycles. The summed E-state index contributed by atoms with van der Waals surface area (Å²) in [6, 6.07) is 7.14. The van der Waals surface area contributed by atoms with Gasteiger partial charge in [0.25, 0.3) is 0 Å². The molecule has 110 valence electrons. The highest BCUT2D eigenvalue weighted by molar-refractivity contribution is 5.58. The summed E-state index contributed by atoms with van der Waals surface area (Å²) in [4.78, 5) is 9.39. The second-order valence-electron chi connectivity index (χ2n) is 5.77. The lowest BCUT2D eigenvalue weighted by Crippen LogP contribution is -2.26. The Bertz CT molecular complexity index is 654. The molecule has 4 heteroatoms. The molecule has 3 rings (SSSR count). The average molecular weight is 283 g/mol. The van der Waals surface area contributed by atoms with Gasteiger partial charge in [-0.15, -0.1) is 0 Å². The lowest BCUT2D eigenvalue weighted by molar-refractivity contribution is 0.433. The average Bonchev–Trinajstić information content (AvgIpc) is 2.48. The molecule has 1 unspecified atom stereocenters. The van der Waals surface area contributed by atoms with E-state index in [1.807, 2.05) is 19.2 Å². The summed E-state index contributed by atoms with van der Waals surface area (Å²) in [7, 11) is 2.00. The summed E-state index contributed by atoms with van der Waals surface area (Å²) < 4.78 is 0. The number of rotatable bonds is 3. The second kappa shape index (κ2) is 5.82. The minimum atomic E-state index is 0.251. The molecule has 0 saturated carbocycles. The van der Waals surface area contributed by atoms with Crippen LogP contribution < -0.4 is 5.32 Å². The van der Waals surface area contributed by atoms with Gasteiger partial charge in [0, 0.05) is 17.0 Å². The topological polar surface area (TPSA) is 58.0 Å². The van der Waals surface area contributed by atoms with Gasteiger partial charge in [-0.3, -0.25) is 0 Å². The molecule has 1 aromatic heterocycles. The van der Waals surface area contributed by atoms with Gasteiger partial charge in [0.05, 0.1) is 0 Å². The Morgan fingerprint density at radius 1 is 1.33 bits per heavy atom. The zero-order valence-electron chi connectivity index (χ0n) is 12.6. The Morgan fingerprint density at radius 3 is 2.95 bits per heavy atom. The van der Waals surface area contributed by atoms with E-state index in [0.29, 0.717) is 11.7 Å². The largest absolute Gasteiger partial charge is 0.508 e. The van der Waals surface area contributed by atoms with E-state index in [4.69, 9.17) is 4.98 Å². The van der Waals surface area contributed by atoms with Crippen molar-refractivity contribution in [3.05, 3.63) is 41.2 Å². The zero-order chi connectivity index (χ0) is 14.8. The Balaban J connectivity index is 1.96. The quantitative estimate of drug-likeness (QED) is 0.908. The summed E-state index contributed by atoms with van der Waals surface area (Å²) in [5, 5.41) is 12.9. The zero-order valence-corrected chi connectivity index (χ0v) is 12.6. The van der Waals surface area contributed by atoms with Gasteiger partial charge < -0.3 is 10.4 Å². The number of hydrogen-bond donors (Lipinski definition) is 2. The van der Waals surface area contributed by atoms with E-state index in [2.05, 4.69) is 17.2 Å². The van der Waals surface area contributed by atoms with Crippen molar-refractivity contribution in [2.75, 3.05) is 13.6 Å². The van der Waals surface area contributed by atoms with Gasteiger partial charge >= 0.3 is 0 Å². The van der Waals surface area contributed by atoms with Crippen LogP contribution in [-0.4, -0.2) is 28.7 Å². The molecule has 0 radical (unpaired) electrons. The summed E-state index contributed by atoms with van der Waals surface area (Å²) in [6.45, 7) is 3.11. The van der Waals surface area contributed by atoms with Crippen LogP contribution in [0.25, 0.3) is 11.4 Å². The monoisotopic (exact) mass is 283 g/mol. The predicted octanol–water partition coefficient (Wildman–Crippen LogP) is 2.48. The maximum atomic E-state index is 9.61. The van der Waals surface area contributed by atoms with Crippen LogP contribution in [0.2, 0.25) is 0 Å². The van der Waals surface area contributed by atoms with Crippen LogP contribution in [0, 0.1) is 12.8 Å². The molecule has 0 saturated heterocycles. The third kappa shape index (κ3) is 2.90. The van der Waals surface area contributed by atoms with Crippen LogP contribution in [0.5, 0.6) is 5.75 Å². The Morgan fingerprint density at radius 2 is 2.19 bits per heavy atom. The Labute approximate surface area is 125 Å². The minimum absolute atomic E-state index is 0.251. The molecule has 1 heterocycles. The highest BCUT2D eigenvalue weighted by Crippen LogP contribution is 2.28. The first-order valence-electron chi connectivity index (χ1n) is 7.47. The SMILES string of the molecule is CNCC1CCc2nc(-c3cccc(O)c3)nc(C)c2C1. The van der Waals surface area contributed by atoms with Crippen molar-refractivity contribution in [1.29, 1.82) is 0 Å². The Hall–Kier alpha value is -1.94. The molecule has 4 nitrogen and oxygen atoms in total. The van der Waals surface area contributed by atoms with E-state index >= 15 is 0 Å². The van der Waals surface area contributed by atoms with Gasteiger partial charge in [-0.25, -0.2) is 9.97 Å². The summed E-state index contributed by atoms with van der Waals surface area (Å²) in [5.41, 5.74) is 4.43. The van der Waals surface area contributed by atoms with Crippen molar-refractivity contribution in [3.63, 3.8) is 0 Å². The van der Waals surface area contributed by atoms with Gasteiger partial charge in [-0.2, -0.15) is 0 Å². The molecular weight excluding hydrogens is 262 g/mol. The van der Waals surface area contributed by atoms with Crippen LogP contribution in [0.4, 0.5) is 0 Å². The number of fused-ring (bicyclic) bond motifs is 1. The molecule has 2 aromatic rings. The highest BCUT2D eigenvalue weighted by Gasteiger charge is 2.22. The van der Waals surface area contributed by atoms with Gasteiger partial charge in [-0.05, 0) is 63.4 Å². The first-order chi connectivity index (χ1) is 10.2. The third-order valence-electron chi connectivity index (χ3n) is 4.18. The van der Waals surface area contributed by atoms with Gasteiger partial charge in [0.15, 0.2) is 5.82 Å². The smallest absolute Gasteiger partial charge is 0.159 e. The number of phenolic OH excluding ortho intramolecular Hbond substituents is 1. The van der Waals surface area contributed by atoms with Gasteiger partial charge in [0.2, 0.25) is 0 Å². The molecule has 21 heavy (non-hydrogen) atoms. The number of phenols is 1. The maximum absolute atomic E-state index is 9.61. The van der Waals surface area contributed by atoms with Crippen molar-refractivity contribution in [3.8, 4) is 17.1 Å². The summed E-state index contributed by atoms with van der Waals surface area (Å²) in [6.07, 6.45) is 3.24. The minimum Gasteiger partial charge on any atom is -0.508 e. The van der Waals surface area contributed by atoms with E-state index in [9.17, 15) is 5.11 Å². The number of aryl methyl sites for hydroxylation is 2. The van der Waals surface area contributed by atoms with E-state index in [1.54, 1.807) is 12.1 Å². The third-order valence-corrected chi connectivity index (χ3v) is 4.18. The van der Waals surface area contributed by atoms with Crippen LogP contribution in [0.15, 0.2) is 24.3 Å². The van der Waals surface area contributed by atoms with Crippen LogP contribution in [0.3, 0.4) is 0 Å². The Kier molecular flexibility index (Phi) is 3.88. The molecule has 0 fully saturated rings. The number of nitrogens with zero attached hydrogens (tertiary/aromatic N) is 2. The van der Waals surface area contributed by atoms with Crippen LogP contribution >= 0.6 is 0 Å². The molecule has 2 N–H and O–H groups in total. The van der Waals surface area contributed by atoms with Crippen molar-refractivity contribution < 1.29 is 5.11 Å². The lowest BCUT2D eigenvalue weighted by Gasteiger charge is -2.25. The second-order valence-corrected chi connectivity index (χ2v) is 5.77. The highest BCUT2D eigenvalue weighted by atomic mass is 16.3. The fourth-order valence-corrected chi connectivity index (χ4v) is 3.10. The first kappa shape index (κ1) is 14.0. The number of aromatic nitrogens is 2. The van der Waals surface area contributed by atoms with E-state index in [0.717, 1.165) is 30.6 Å². The van der Waals surface area contributed by atoms with Gasteiger partial charge in [0.1, 0.15) is 5.75 Å². The predicted molar refractivity (Wildman–Crippen MR) is 83.3 cm³/mol. The van der Waals surface area contributed by atoms with Crippen molar-refractivity contribution in [2.45, 2.75) is 26.2 Å². The standard InChI is InChI=1S/C17H21N3O/c1-11-15-8-12(10-18-2)6-7-16(15)20-17(19-11)13-4-3-5-14(21)9-13/h3-5,9,12,18,21H,6-8,10H2,1-2H3. The van der Waals surface area contributed by atoms with Gasteiger partial charge in [-0.1, -0.05) is 12.1 Å². The van der Waals surface area contributed by atoms with Crippen LogP contribution in [-0.2, 0) is 12.8 Å². The first-order valence-corrected chi connectivity index (χ1v) is 7.47. The molecule has 1 aliphatic carbocycles. The number of nitrogens with one attached hydrogen (secondary N) is 1. The van der Waals surface area contributed by atoms with E-state index in [1.165, 1.54) is 17.7 Å².